The van der Waals surface area contributed by atoms with E-state index in [1.165, 1.54) is 18.5 Å². The topological polar surface area (TPSA) is 88.6 Å². The molecular formula is C23H25ClFN5O3. The van der Waals surface area contributed by atoms with Crippen molar-refractivity contribution >= 4 is 40.0 Å². The lowest BCUT2D eigenvalue weighted by Gasteiger charge is -2.32. The van der Waals surface area contributed by atoms with Gasteiger partial charge in [0.05, 0.1) is 17.6 Å². The SMILES string of the molecule is CCNC(=O)N1CCC(Oc2cc3c(Nc4ccc(F)c(Cl)c4)ncnc3cc2OC)CC1. The van der Waals surface area contributed by atoms with E-state index < -0.39 is 5.82 Å². The van der Waals surface area contributed by atoms with E-state index in [0.717, 1.165) is 0 Å². The van der Waals surface area contributed by atoms with Gasteiger partial charge in [0.2, 0.25) is 0 Å². The maximum atomic E-state index is 13.5. The van der Waals surface area contributed by atoms with Gasteiger partial charge in [0.15, 0.2) is 11.5 Å². The molecule has 0 saturated carbocycles. The summed E-state index contributed by atoms with van der Waals surface area (Å²) in [5.74, 6) is 1.16. The summed E-state index contributed by atoms with van der Waals surface area (Å²) >= 11 is 5.91. The van der Waals surface area contributed by atoms with Crippen LogP contribution in [0.2, 0.25) is 5.02 Å². The predicted octanol–water partition coefficient (Wildman–Crippen LogP) is 4.75. The van der Waals surface area contributed by atoms with Gasteiger partial charge >= 0.3 is 6.03 Å². The van der Waals surface area contributed by atoms with E-state index in [1.54, 1.807) is 24.1 Å². The van der Waals surface area contributed by atoms with Crippen LogP contribution in [0.5, 0.6) is 11.5 Å². The standard InChI is InChI=1S/C23H25ClFN5O3/c1-3-26-23(31)30-8-6-15(7-9-30)33-21-11-16-19(12-20(21)32-2)27-13-28-22(16)29-14-4-5-18(25)17(24)10-14/h4-5,10-13,15H,3,6-9H2,1-2H3,(H,26,31)(H,27,28,29). The summed E-state index contributed by atoms with van der Waals surface area (Å²) in [6, 6.07) is 7.94. The molecule has 0 bridgehead atoms. The average molecular weight is 474 g/mol. The Balaban J connectivity index is 1.56. The smallest absolute Gasteiger partial charge is 0.317 e. The normalized spacial score (nSPS) is 14.2. The Morgan fingerprint density at radius 1 is 1.21 bits per heavy atom. The fraction of sp³-hybridized carbons (Fsp3) is 0.348. The molecule has 174 valence electrons. The Morgan fingerprint density at radius 3 is 2.70 bits per heavy atom. The third kappa shape index (κ3) is 5.19. The van der Waals surface area contributed by atoms with Crippen LogP contribution in [0.15, 0.2) is 36.7 Å². The number of methoxy groups -OCH3 is 1. The molecule has 1 fully saturated rings. The molecule has 2 heterocycles. The number of urea groups is 1. The number of hydrogen-bond acceptors (Lipinski definition) is 6. The summed E-state index contributed by atoms with van der Waals surface area (Å²) in [5, 5.41) is 6.72. The van der Waals surface area contributed by atoms with Crippen molar-refractivity contribution in [3.63, 3.8) is 0 Å². The number of aromatic nitrogens is 2. The Kier molecular flexibility index (Phi) is 6.98. The van der Waals surface area contributed by atoms with Gasteiger partial charge in [0, 0.05) is 49.6 Å². The first-order chi connectivity index (χ1) is 16.0. The summed E-state index contributed by atoms with van der Waals surface area (Å²) in [7, 11) is 1.58. The van der Waals surface area contributed by atoms with Crippen molar-refractivity contribution in [1.82, 2.24) is 20.2 Å². The Labute approximate surface area is 196 Å². The number of hydrogen-bond donors (Lipinski definition) is 2. The van der Waals surface area contributed by atoms with Gasteiger partial charge in [-0.05, 0) is 31.2 Å². The van der Waals surface area contributed by atoms with Gasteiger partial charge in [0.1, 0.15) is 24.1 Å². The summed E-state index contributed by atoms with van der Waals surface area (Å²) in [5.41, 5.74) is 1.26. The monoisotopic (exact) mass is 473 g/mol. The molecule has 0 unspecified atom stereocenters. The summed E-state index contributed by atoms with van der Waals surface area (Å²) < 4.78 is 25.3. The highest BCUT2D eigenvalue weighted by atomic mass is 35.5. The van der Waals surface area contributed by atoms with Crippen molar-refractivity contribution < 1.29 is 18.7 Å². The molecule has 3 aromatic rings. The van der Waals surface area contributed by atoms with E-state index >= 15 is 0 Å². The Bertz CT molecular complexity index is 1150. The number of carbonyl (C=O) groups is 1. The number of rotatable bonds is 6. The number of fused-ring (bicyclic) bond motifs is 1. The van der Waals surface area contributed by atoms with Crippen LogP contribution in [0.1, 0.15) is 19.8 Å². The number of ether oxygens (including phenoxy) is 2. The zero-order valence-corrected chi connectivity index (χ0v) is 19.2. The minimum atomic E-state index is -0.492. The third-order valence-corrected chi connectivity index (χ3v) is 5.74. The largest absolute Gasteiger partial charge is 0.493 e. The zero-order valence-electron chi connectivity index (χ0n) is 18.4. The van der Waals surface area contributed by atoms with E-state index in [0.29, 0.717) is 66.4 Å². The van der Waals surface area contributed by atoms with Crippen molar-refractivity contribution in [1.29, 1.82) is 0 Å². The van der Waals surface area contributed by atoms with Crippen LogP contribution in [0.4, 0.5) is 20.7 Å². The number of nitrogens with one attached hydrogen (secondary N) is 2. The highest BCUT2D eigenvalue weighted by Crippen LogP contribution is 2.36. The van der Waals surface area contributed by atoms with Crippen molar-refractivity contribution in [2.75, 3.05) is 32.1 Å². The van der Waals surface area contributed by atoms with Crippen molar-refractivity contribution in [2.24, 2.45) is 0 Å². The van der Waals surface area contributed by atoms with Crippen LogP contribution >= 0.6 is 11.6 Å². The fourth-order valence-corrected chi connectivity index (χ4v) is 3.93. The maximum absolute atomic E-state index is 13.5. The fourth-order valence-electron chi connectivity index (χ4n) is 3.75. The molecule has 0 spiro atoms. The molecule has 10 heteroatoms. The molecule has 8 nitrogen and oxygen atoms in total. The Hall–Kier alpha value is -3.33. The quantitative estimate of drug-likeness (QED) is 0.537. The lowest BCUT2D eigenvalue weighted by atomic mass is 10.1. The predicted molar refractivity (Wildman–Crippen MR) is 125 cm³/mol. The first kappa shape index (κ1) is 22.8. The maximum Gasteiger partial charge on any atom is 0.317 e. The van der Waals surface area contributed by atoms with Gasteiger partial charge in [0.25, 0.3) is 0 Å². The summed E-state index contributed by atoms with van der Waals surface area (Å²) in [4.78, 5) is 22.5. The lowest BCUT2D eigenvalue weighted by Crippen LogP contribution is -2.46. The number of likely N-dealkylation sites (tertiary alicyclic amines) is 1. The van der Waals surface area contributed by atoms with Gasteiger partial charge in [-0.3, -0.25) is 0 Å². The molecule has 1 saturated heterocycles. The second-order valence-electron chi connectivity index (χ2n) is 7.64. The van der Waals surface area contributed by atoms with Gasteiger partial charge in [-0.2, -0.15) is 0 Å². The van der Waals surface area contributed by atoms with E-state index in [1.807, 2.05) is 13.0 Å². The number of anilines is 2. The zero-order chi connectivity index (χ0) is 23.4. The molecule has 1 aliphatic rings. The van der Waals surface area contributed by atoms with Gasteiger partial charge in [-0.15, -0.1) is 0 Å². The van der Waals surface area contributed by atoms with E-state index in [-0.39, 0.29) is 17.2 Å². The number of piperidine rings is 1. The number of carbonyl (C=O) groups excluding carboxylic acids is 1. The van der Waals surface area contributed by atoms with Crippen LogP contribution in [-0.2, 0) is 0 Å². The van der Waals surface area contributed by atoms with Crippen LogP contribution in [0.25, 0.3) is 10.9 Å². The lowest BCUT2D eigenvalue weighted by molar-refractivity contribution is 0.109. The molecule has 2 amide bonds. The summed E-state index contributed by atoms with van der Waals surface area (Å²) in [6.45, 7) is 3.74. The first-order valence-electron chi connectivity index (χ1n) is 10.7. The van der Waals surface area contributed by atoms with Gasteiger partial charge in [-0.1, -0.05) is 11.6 Å². The molecule has 0 radical (unpaired) electrons. The number of benzene rings is 2. The molecule has 33 heavy (non-hydrogen) atoms. The van der Waals surface area contributed by atoms with Gasteiger partial charge < -0.3 is 25.0 Å². The van der Waals surface area contributed by atoms with Gasteiger partial charge in [-0.25, -0.2) is 19.2 Å². The molecule has 1 aliphatic heterocycles. The number of nitrogens with zero attached hydrogens (tertiary/aromatic N) is 3. The average Bonchev–Trinajstić information content (AvgIpc) is 2.82. The van der Waals surface area contributed by atoms with Crippen molar-refractivity contribution in [2.45, 2.75) is 25.9 Å². The van der Waals surface area contributed by atoms with E-state index in [2.05, 4.69) is 20.6 Å². The van der Waals surface area contributed by atoms with Crippen LogP contribution in [0, 0.1) is 5.82 Å². The summed E-state index contributed by atoms with van der Waals surface area (Å²) in [6.07, 6.45) is 2.80. The third-order valence-electron chi connectivity index (χ3n) is 5.45. The number of amides is 2. The molecule has 0 aliphatic carbocycles. The van der Waals surface area contributed by atoms with Crippen molar-refractivity contribution in [3.8, 4) is 11.5 Å². The molecule has 4 rings (SSSR count). The molecule has 2 aromatic carbocycles. The van der Waals surface area contributed by atoms with E-state index in [9.17, 15) is 9.18 Å². The highest BCUT2D eigenvalue weighted by Gasteiger charge is 2.25. The highest BCUT2D eigenvalue weighted by molar-refractivity contribution is 6.31. The second-order valence-corrected chi connectivity index (χ2v) is 8.04. The van der Waals surface area contributed by atoms with Crippen LogP contribution in [-0.4, -0.2) is 53.7 Å². The van der Waals surface area contributed by atoms with E-state index in [4.69, 9.17) is 21.1 Å². The van der Waals surface area contributed by atoms with Crippen molar-refractivity contribution in [3.05, 3.63) is 47.5 Å². The second kappa shape index (κ2) is 10.1. The molecule has 2 N–H and O–H groups in total. The minimum absolute atomic E-state index is 0.0167. The number of halogens is 2. The minimum Gasteiger partial charge on any atom is -0.493 e. The Morgan fingerprint density at radius 2 is 2.00 bits per heavy atom. The van der Waals surface area contributed by atoms with Crippen LogP contribution in [0.3, 0.4) is 0 Å². The first-order valence-corrected chi connectivity index (χ1v) is 11.1. The molecular weight excluding hydrogens is 449 g/mol. The molecule has 1 aromatic heterocycles. The van der Waals surface area contributed by atoms with Crippen LogP contribution < -0.4 is 20.1 Å². The molecule has 0 atom stereocenters.